The first-order valence-corrected chi connectivity index (χ1v) is 10.4. The third-order valence-electron chi connectivity index (χ3n) is 4.41. The lowest BCUT2D eigenvalue weighted by molar-refractivity contribution is 0.0636. The van der Waals surface area contributed by atoms with Crippen molar-refractivity contribution in [2.24, 2.45) is 0 Å². The fourth-order valence-corrected chi connectivity index (χ4v) is 4.25. The molecule has 0 aliphatic rings. The number of benzene rings is 1. The maximum absolute atomic E-state index is 12.0. The fourth-order valence-electron chi connectivity index (χ4n) is 3.14. The van der Waals surface area contributed by atoms with Gasteiger partial charge in [0.1, 0.15) is 11.4 Å². The number of nitrogens with two attached hydrogens (primary N) is 1. The van der Waals surface area contributed by atoms with Gasteiger partial charge >= 0.3 is 6.09 Å². The molecule has 152 valence electrons. The van der Waals surface area contributed by atoms with E-state index in [1.165, 1.54) is 0 Å². The molecule has 6 nitrogen and oxygen atoms in total. The molecule has 0 aliphatic carbocycles. The first kappa shape index (κ1) is 19.8. The zero-order valence-corrected chi connectivity index (χ0v) is 17.8. The first-order valence-electron chi connectivity index (χ1n) is 9.49. The topological polar surface area (TPSA) is 90.1 Å². The van der Waals surface area contributed by atoms with Crippen LogP contribution in [0.1, 0.15) is 20.8 Å². The van der Waals surface area contributed by atoms with Crippen molar-refractivity contribution in [3.8, 4) is 22.4 Å². The average molecular weight is 419 g/mol. The summed E-state index contributed by atoms with van der Waals surface area (Å²) in [5.41, 5.74) is 10.2. The predicted molar refractivity (Wildman–Crippen MR) is 123 cm³/mol. The van der Waals surface area contributed by atoms with E-state index in [0.29, 0.717) is 11.5 Å². The summed E-state index contributed by atoms with van der Waals surface area (Å²) in [7, 11) is 0. The number of hydrogen-bond donors (Lipinski definition) is 2. The van der Waals surface area contributed by atoms with Gasteiger partial charge in [-0.05, 0) is 56.0 Å². The molecule has 7 heteroatoms. The summed E-state index contributed by atoms with van der Waals surface area (Å²) in [6, 6.07) is 13.4. The van der Waals surface area contributed by atoms with Gasteiger partial charge < -0.3 is 10.5 Å². The lowest BCUT2D eigenvalue weighted by atomic mass is 10.0. The summed E-state index contributed by atoms with van der Waals surface area (Å²) in [4.78, 5) is 20.8. The van der Waals surface area contributed by atoms with Gasteiger partial charge in [-0.15, -0.1) is 11.3 Å². The minimum Gasteiger partial charge on any atom is -0.444 e. The highest BCUT2D eigenvalue weighted by molar-refractivity contribution is 7.18. The average Bonchev–Trinajstić information content (AvgIpc) is 3.14. The second kappa shape index (κ2) is 7.76. The minimum atomic E-state index is -0.546. The Morgan fingerprint density at radius 3 is 2.50 bits per heavy atom. The zero-order chi connectivity index (χ0) is 21.3. The Bertz CT molecular complexity index is 1200. The molecule has 3 aromatic heterocycles. The van der Waals surface area contributed by atoms with Crippen LogP contribution in [-0.4, -0.2) is 21.7 Å². The summed E-state index contributed by atoms with van der Waals surface area (Å²) in [5, 5.41) is 5.73. The molecule has 0 saturated carbocycles. The quantitative estimate of drug-likeness (QED) is 0.429. The number of amides is 1. The normalized spacial score (nSPS) is 11.4. The van der Waals surface area contributed by atoms with Crippen molar-refractivity contribution in [2.45, 2.75) is 26.4 Å². The van der Waals surface area contributed by atoms with E-state index in [1.54, 1.807) is 23.7 Å². The van der Waals surface area contributed by atoms with E-state index in [0.717, 1.165) is 32.5 Å². The highest BCUT2D eigenvalue weighted by atomic mass is 32.1. The van der Waals surface area contributed by atoms with Crippen LogP contribution in [0, 0.1) is 0 Å². The van der Waals surface area contributed by atoms with Gasteiger partial charge in [-0.3, -0.25) is 10.3 Å². The number of nitrogens with zero attached hydrogens (tertiary/aromatic N) is 2. The van der Waals surface area contributed by atoms with Crippen LogP contribution in [0.4, 0.5) is 16.3 Å². The maximum Gasteiger partial charge on any atom is 0.412 e. The number of nitrogen functional groups attached to an aromatic ring is 1. The molecule has 0 fully saturated rings. The van der Waals surface area contributed by atoms with Crippen molar-refractivity contribution >= 4 is 39.0 Å². The molecule has 0 atom stereocenters. The van der Waals surface area contributed by atoms with E-state index < -0.39 is 11.7 Å². The molecule has 0 unspecified atom stereocenters. The van der Waals surface area contributed by atoms with E-state index in [-0.39, 0.29) is 0 Å². The molecule has 30 heavy (non-hydrogen) atoms. The number of fused-ring (bicyclic) bond motifs is 1. The van der Waals surface area contributed by atoms with Crippen molar-refractivity contribution < 1.29 is 9.53 Å². The molecule has 0 saturated heterocycles. The Morgan fingerprint density at radius 1 is 1.07 bits per heavy atom. The Hall–Kier alpha value is -3.45. The van der Waals surface area contributed by atoms with Crippen molar-refractivity contribution in [3.63, 3.8) is 0 Å². The first-order chi connectivity index (χ1) is 14.3. The maximum atomic E-state index is 12.0. The Morgan fingerprint density at radius 2 is 1.83 bits per heavy atom. The van der Waals surface area contributed by atoms with Crippen molar-refractivity contribution in [2.75, 3.05) is 11.1 Å². The second-order valence-electron chi connectivity index (χ2n) is 7.83. The Labute approximate surface area is 178 Å². The van der Waals surface area contributed by atoms with Gasteiger partial charge in [0.25, 0.3) is 0 Å². The SMILES string of the molecule is CC(C)(C)OC(=O)Nc1ccc(-c2csc3c(-c4ccccn4)cnc(N)c23)cc1. The van der Waals surface area contributed by atoms with Crippen LogP contribution in [0.3, 0.4) is 0 Å². The van der Waals surface area contributed by atoms with Gasteiger partial charge in [-0.1, -0.05) is 18.2 Å². The summed E-state index contributed by atoms with van der Waals surface area (Å²) in [6.45, 7) is 5.49. The van der Waals surface area contributed by atoms with Gasteiger partial charge in [0, 0.05) is 39.3 Å². The summed E-state index contributed by atoms with van der Waals surface area (Å²) >= 11 is 1.62. The van der Waals surface area contributed by atoms with E-state index in [1.807, 2.05) is 63.2 Å². The van der Waals surface area contributed by atoms with E-state index >= 15 is 0 Å². The van der Waals surface area contributed by atoms with Crippen molar-refractivity contribution in [3.05, 3.63) is 60.2 Å². The number of rotatable bonds is 3. The van der Waals surface area contributed by atoms with Crippen LogP contribution >= 0.6 is 11.3 Å². The Balaban J connectivity index is 1.66. The molecule has 3 heterocycles. The van der Waals surface area contributed by atoms with Crippen LogP contribution in [0.15, 0.2) is 60.2 Å². The smallest absolute Gasteiger partial charge is 0.412 e. The highest BCUT2D eigenvalue weighted by Gasteiger charge is 2.17. The molecular weight excluding hydrogens is 396 g/mol. The third kappa shape index (κ3) is 4.11. The lowest BCUT2D eigenvalue weighted by Crippen LogP contribution is -2.27. The van der Waals surface area contributed by atoms with Crippen LogP contribution in [0.25, 0.3) is 32.5 Å². The Kier molecular flexibility index (Phi) is 5.13. The fraction of sp³-hybridized carbons (Fsp3) is 0.174. The number of anilines is 2. The van der Waals surface area contributed by atoms with Crippen LogP contribution < -0.4 is 11.1 Å². The molecule has 0 spiro atoms. The van der Waals surface area contributed by atoms with Gasteiger partial charge in [0.05, 0.1) is 5.69 Å². The second-order valence-corrected chi connectivity index (χ2v) is 8.71. The largest absolute Gasteiger partial charge is 0.444 e. The van der Waals surface area contributed by atoms with Gasteiger partial charge in [0.2, 0.25) is 0 Å². The predicted octanol–water partition coefficient (Wildman–Crippen LogP) is 5.95. The number of ether oxygens (including phenoxy) is 1. The molecule has 1 amide bonds. The highest BCUT2D eigenvalue weighted by Crippen LogP contribution is 2.41. The van der Waals surface area contributed by atoms with Crippen molar-refractivity contribution in [1.29, 1.82) is 0 Å². The number of aromatic nitrogens is 2. The molecule has 0 radical (unpaired) electrons. The monoisotopic (exact) mass is 418 g/mol. The summed E-state index contributed by atoms with van der Waals surface area (Å²) in [5.74, 6) is 0.483. The number of carbonyl (C=O) groups is 1. The van der Waals surface area contributed by atoms with Gasteiger partial charge in [-0.25, -0.2) is 9.78 Å². The van der Waals surface area contributed by atoms with Gasteiger partial charge in [-0.2, -0.15) is 0 Å². The van der Waals surface area contributed by atoms with E-state index in [9.17, 15) is 4.79 Å². The van der Waals surface area contributed by atoms with Crippen LogP contribution in [0.5, 0.6) is 0 Å². The van der Waals surface area contributed by atoms with Crippen molar-refractivity contribution in [1.82, 2.24) is 9.97 Å². The number of pyridine rings is 2. The van der Waals surface area contributed by atoms with Gasteiger partial charge in [0.15, 0.2) is 0 Å². The summed E-state index contributed by atoms with van der Waals surface area (Å²) < 4.78 is 6.34. The molecule has 1 aromatic carbocycles. The number of hydrogen-bond acceptors (Lipinski definition) is 6. The number of carbonyl (C=O) groups excluding carboxylic acids is 1. The molecule has 3 N–H and O–H groups in total. The molecule has 0 bridgehead atoms. The molecule has 4 aromatic rings. The number of nitrogens with one attached hydrogen (secondary N) is 1. The summed E-state index contributed by atoms with van der Waals surface area (Å²) in [6.07, 6.45) is 3.06. The zero-order valence-electron chi connectivity index (χ0n) is 17.0. The van der Waals surface area contributed by atoms with Crippen LogP contribution in [0.2, 0.25) is 0 Å². The number of thiophene rings is 1. The lowest BCUT2D eigenvalue weighted by Gasteiger charge is -2.19. The molecular formula is C23H22N4O2S. The molecule has 4 rings (SSSR count). The van der Waals surface area contributed by atoms with Crippen LogP contribution in [-0.2, 0) is 4.74 Å². The molecule has 0 aliphatic heterocycles. The van der Waals surface area contributed by atoms with E-state index in [2.05, 4.69) is 20.7 Å². The standard InChI is InChI=1S/C23H22N4O2S/c1-23(2,3)29-22(28)27-15-9-7-14(8-10-15)17-13-30-20-16(12-26-21(24)19(17)20)18-6-4-5-11-25-18/h4-13H,1-3H3,(H2,24,26)(H,27,28). The third-order valence-corrected chi connectivity index (χ3v) is 5.42. The van der Waals surface area contributed by atoms with E-state index in [4.69, 9.17) is 10.5 Å². The minimum absolute atomic E-state index is 0.482.